The maximum absolute atomic E-state index is 12.4. The number of nitrogens with one attached hydrogen (secondary N) is 1. The average Bonchev–Trinajstić information content (AvgIpc) is 3.17. The molecule has 2 amide bonds. The zero-order valence-corrected chi connectivity index (χ0v) is 17.5. The van der Waals surface area contributed by atoms with E-state index in [9.17, 15) is 19.2 Å². The number of amides is 2. The van der Waals surface area contributed by atoms with Gasteiger partial charge in [-0.15, -0.1) is 0 Å². The minimum absolute atomic E-state index is 0.0751. The molecule has 162 valence electrons. The number of esters is 1. The van der Waals surface area contributed by atoms with E-state index in [0.717, 1.165) is 12.0 Å². The number of nitrogens with zero attached hydrogens (tertiary/aromatic N) is 1. The summed E-state index contributed by atoms with van der Waals surface area (Å²) in [6.45, 7) is 2.23. The molecule has 1 atom stereocenters. The van der Waals surface area contributed by atoms with Crippen LogP contribution in [0.1, 0.15) is 35.7 Å². The van der Waals surface area contributed by atoms with Crippen LogP contribution in [0.25, 0.3) is 0 Å². The lowest BCUT2D eigenvalue weighted by Crippen LogP contribution is -2.29. The van der Waals surface area contributed by atoms with E-state index in [4.69, 9.17) is 4.74 Å². The van der Waals surface area contributed by atoms with Crippen LogP contribution in [-0.4, -0.2) is 48.2 Å². The van der Waals surface area contributed by atoms with Crippen molar-refractivity contribution in [1.82, 2.24) is 4.90 Å². The summed E-state index contributed by atoms with van der Waals surface area (Å²) in [5, 5.41) is 2.70. The van der Waals surface area contributed by atoms with Crippen molar-refractivity contribution in [1.29, 1.82) is 0 Å². The summed E-state index contributed by atoms with van der Waals surface area (Å²) in [7, 11) is 0. The van der Waals surface area contributed by atoms with Crippen LogP contribution in [-0.2, 0) is 25.5 Å². The Labute approximate surface area is 181 Å². The first-order chi connectivity index (χ1) is 15.0. The lowest BCUT2D eigenvalue weighted by molar-refractivity contribution is -0.147. The zero-order chi connectivity index (χ0) is 22.2. The van der Waals surface area contributed by atoms with Gasteiger partial charge in [-0.05, 0) is 36.2 Å². The van der Waals surface area contributed by atoms with E-state index < -0.39 is 11.9 Å². The molecule has 1 aliphatic rings. The van der Waals surface area contributed by atoms with Gasteiger partial charge < -0.3 is 15.0 Å². The Kier molecular flexibility index (Phi) is 7.54. The second kappa shape index (κ2) is 10.5. The summed E-state index contributed by atoms with van der Waals surface area (Å²) in [5.41, 5.74) is 2.11. The maximum Gasteiger partial charge on any atom is 0.311 e. The molecule has 0 aromatic heterocycles. The van der Waals surface area contributed by atoms with Gasteiger partial charge in [0.15, 0.2) is 12.4 Å². The summed E-state index contributed by atoms with van der Waals surface area (Å²) < 4.78 is 5.18. The predicted molar refractivity (Wildman–Crippen MR) is 115 cm³/mol. The van der Waals surface area contributed by atoms with Gasteiger partial charge in [0.1, 0.15) is 0 Å². The molecule has 0 spiro atoms. The maximum atomic E-state index is 12.4. The number of ketones is 1. The highest BCUT2D eigenvalue weighted by molar-refractivity contribution is 5.99. The molecular weight excluding hydrogens is 396 g/mol. The molecule has 0 bridgehead atoms. The summed E-state index contributed by atoms with van der Waals surface area (Å²) >= 11 is 0. The fourth-order valence-electron chi connectivity index (χ4n) is 3.38. The first-order valence-corrected chi connectivity index (χ1v) is 10.4. The van der Waals surface area contributed by atoms with Crippen molar-refractivity contribution < 1.29 is 23.9 Å². The topological polar surface area (TPSA) is 92.8 Å². The van der Waals surface area contributed by atoms with Crippen LogP contribution in [0.5, 0.6) is 0 Å². The molecule has 0 radical (unpaired) electrons. The quantitative estimate of drug-likeness (QED) is 0.496. The standard InChI is InChI=1S/C24H26N2O5/c1-2-22(28)25-20-10-8-18(9-11-20)21(27)16-31-24(30)19-14-23(29)26(15-19)13-12-17-6-4-3-5-7-17/h3-11,19H,2,12-16H2,1H3,(H,25,28)/t19-/m1/s1. The van der Waals surface area contributed by atoms with Gasteiger partial charge in [0.05, 0.1) is 5.92 Å². The Balaban J connectivity index is 1.45. The monoisotopic (exact) mass is 422 g/mol. The number of hydrogen-bond donors (Lipinski definition) is 1. The van der Waals surface area contributed by atoms with Crippen LogP contribution >= 0.6 is 0 Å². The smallest absolute Gasteiger partial charge is 0.311 e. The van der Waals surface area contributed by atoms with Gasteiger partial charge in [0.2, 0.25) is 11.8 Å². The molecule has 1 N–H and O–H groups in total. The van der Waals surface area contributed by atoms with Crippen molar-refractivity contribution in [2.45, 2.75) is 26.2 Å². The molecule has 3 rings (SSSR count). The number of ether oxygens (including phenoxy) is 1. The number of hydrogen-bond acceptors (Lipinski definition) is 5. The van der Waals surface area contributed by atoms with Crippen molar-refractivity contribution >= 4 is 29.3 Å². The van der Waals surface area contributed by atoms with Gasteiger partial charge in [0, 0.05) is 37.2 Å². The van der Waals surface area contributed by atoms with Crippen LogP contribution < -0.4 is 5.32 Å². The lowest BCUT2D eigenvalue weighted by atomic mass is 10.1. The molecule has 1 saturated heterocycles. The highest BCUT2D eigenvalue weighted by Crippen LogP contribution is 2.20. The van der Waals surface area contributed by atoms with Crippen LogP contribution in [0.15, 0.2) is 54.6 Å². The number of carbonyl (C=O) groups is 4. The first-order valence-electron chi connectivity index (χ1n) is 10.4. The van der Waals surface area contributed by atoms with Crippen LogP contribution in [0, 0.1) is 5.92 Å². The summed E-state index contributed by atoms with van der Waals surface area (Å²) in [6, 6.07) is 16.3. The summed E-state index contributed by atoms with van der Waals surface area (Å²) in [4.78, 5) is 49.9. The van der Waals surface area contributed by atoms with Crippen LogP contribution in [0.2, 0.25) is 0 Å². The zero-order valence-electron chi connectivity index (χ0n) is 17.5. The van der Waals surface area contributed by atoms with Crippen molar-refractivity contribution in [2.75, 3.05) is 25.0 Å². The van der Waals surface area contributed by atoms with Gasteiger partial charge in [-0.2, -0.15) is 0 Å². The molecule has 1 heterocycles. The minimum atomic E-state index is -0.553. The Morgan fingerprint density at radius 2 is 1.77 bits per heavy atom. The Hall–Kier alpha value is -3.48. The molecule has 1 aliphatic heterocycles. The summed E-state index contributed by atoms with van der Waals surface area (Å²) in [6.07, 6.45) is 1.19. The molecule has 7 heteroatoms. The Morgan fingerprint density at radius 3 is 2.45 bits per heavy atom. The van der Waals surface area contributed by atoms with Crippen LogP contribution in [0.3, 0.4) is 0 Å². The highest BCUT2D eigenvalue weighted by atomic mass is 16.5. The second-order valence-electron chi connectivity index (χ2n) is 7.49. The lowest BCUT2D eigenvalue weighted by Gasteiger charge is -2.16. The third-order valence-corrected chi connectivity index (χ3v) is 5.22. The van der Waals surface area contributed by atoms with Gasteiger partial charge in [-0.3, -0.25) is 19.2 Å². The molecule has 0 saturated carbocycles. The number of Topliss-reactive ketones (excluding diaryl/α,β-unsaturated/α-hetero) is 1. The van der Waals surface area contributed by atoms with E-state index in [1.807, 2.05) is 30.3 Å². The normalized spacial score (nSPS) is 15.6. The Morgan fingerprint density at radius 1 is 1.06 bits per heavy atom. The van der Waals surface area contributed by atoms with Crippen molar-refractivity contribution in [3.8, 4) is 0 Å². The van der Waals surface area contributed by atoms with E-state index in [2.05, 4.69) is 5.32 Å². The first kappa shape index (κ1) is 22.2. The van der Waals surface area contributed by atoms with Gasteiger partial charge in [-0.25, -0.2) is 0 Å². The second-order valence-corrected chi connectivity index (χ2v) is 7.49. The van der Waals surface area contributed by atoms with E-state index >= 15 is 0 Å². The largest absolute Gasteiger partial charge is 0.457 e. The molecule has 31 heavy (non-hydrogen) atoms. The highest BCUT2D eigenvalue weighted by Gasteiger charge is 2.35. The van der Waals surface area contributed by atoms with Gasteiger partial charge >= 0.3 is 5.97 Å². The van der Waals surface area contributed by atoms with Crippen molar-refractivity contribution in [3.63, 3.8) is 0 Å². The molecule has 2 aromatic rings. The van der Waals surface area contributed by atoms with E-state index in [1.165, 1.54) is 0 Å². The van der Waals surface area contributed by atoms with E-state index in [-0.39, 0.29) is 30.6 Å². The van der Waals surface area contributed by atoms with E-state index in [1.54, 1.807) is 36.1 Å². The number of anilines is 1. The Bertz CT molecular complexity index is 940. The molecule has 7 nitrogen and oxygen atoms in total. The SMILES string of the molecule is CCC(=O)Nc1ccc(C(=O)COC(=O)[C@@H]2CC(=O)N(CCc3ccccc3)C2)cc1. The van der Waals surface area contributed by atoms with E-state index in [0.29, 0.717) is 30.8 Å². The number of carbonyl (C=O) groups excluding carboxylic acids is 4. The third kappa shape index (κ3) is 6.25. The third-order valence-electron chi connectivity index (χ3n) is 5.22. The predicted octanol–water partition coefficient (Wildman–Crippen LogP) is 2.85. The fraction of sp³-hybridized carbons (Fsp3) is 0.333. The van der Waals surface area contributed by atoms with Crippen molar-refractivity contribution in [3.05, 3.63) is 65.7 Å². The molecule has 2 aromatic carbocycles. The minimum Gasteiger partial charge on any atom is -0.457 e. The number of benzene rings is 2. The van der Waals surface area contributed by atoms with Gasteiger partial charge in [0.25, 0.3) is 0 Å². The fourth-order valence-corrected chi connectivity index (χ4v) is 3.38. The number of rotatable bonds is 9. The molecular formula is C24H26N2O5. The molecule has 0 unspecified atom stereocenters. The van der Waals surface area contributed by atoms with Crippen LogP contribution in [0.4, 0.5) is 5.69 Å². The number of likely N-dealkylation sites (tertiary alicyclic amines) is 1. The molecule has 0 aliphatic carbocycles. The summed E-state index contributed by atoms with van der Waals surface area (Å²) in [5.74, 6) is -1.61. The average molecular weight is 422 g/mol. The van der Waals surface area contributed by atoms with Gasteiger partial charge in [-0.1, -0.05) is 37.3 Å². The van der Waals surface area contributed by atoms with Crippen molar-refractivity contribution in [2.24, 2.45) is 5.92 Å². The molecule has 1 fully saturated rings.